The first-order valence-electron chi connectivity index (χ1n) is 6.94. The maximum atomic E-state index is 12.3. The van der Waals surface area contributed by atoms with E-state index in [4.69, 9.17) is 9.47 Å². The van der Waals surface area contributed by atoms with Crippen LogP contribution in [0.15, 0.2) is 0 Å². The molecule has 1 aliphatic carbocycles. The fourth-order valence-electron chi connectivity index (χ4n) is 2.55. The lowest BCUT2D eigenvalue weighted by Crippen LogP contribution is -2.35. The quantitative estimate of drug-likeness (QED) is 0.671. The molecule has 1 rings (SSSR count). The second kappa shape index (κ2) is 7.46. The minimum absolute atomic E-state index is 0.00787. The molecule has 4 nitrogen and oxygen atoms in total. The van der Waals surface area contributed by atoms with Gasteiger partial charge in [-0.15, -0.1) is 0 Å². The summed E-state index contributed by atoms with van der Waals surface area (Å²) in [5, 5.41) is -0.204. The zero-order valence-corrected chi connectivity index (χ0v) is 12.5. The Morgan fingerprint density at radius 3 is 2.28 bits per heavy atom. The molecule has 1 aliphatic rings. The lowest BCUT2D eigenvalue weighted by Gasteiger charge is -2.28. The van der Waals surface area contributed by atoms with Gasteiger partial charge < -0.3 is 9.47 Å². The first-order chi connectivity index (χ1) is 8.49. The summed E-state index contributed by atoms with van der Waals surface area (Å²) in [5.41, 5.74) is 0. The third-order valence-electron chi connectivity index (χ3n) is 3.47. The highest BCUT2D eigenvalue weighted by atomic mass is 32.2. The number of hydrogen-bond donors (Lipinski definition) is 0. The Labute approximate surface area is 111 Å². The van der Waals surface area contributed by atoms with Crippen molar-refractivity contribution in [1.82, 2.24) is 0 Å². The van der Waals surface area contributed by atoms with Crippen LogP contribution in [-0.4, -0.2) is 38.9 Å². The van der Waals surface area contributed by atoms with Crippen LogP contribution < -0.4 is 0 Å². The molecule has 0 aromatic heterocycles. The van der Waals surface area contributed by atoms with Crippen LogP contribution in [0.2, 0.25) is 0 Å². The zero-order valence-electron chi connectivity index (χ0n) is 11.7. The zero-order chi connectivity index (χ0) is 13.6. The highest BCUT2D eigenvalue weighted by Gasteiger charge is 2.32. The van der Waals surface area contributed by atoms with Crippen LogP contribution in [0.3, 0.4) is 0 Å². The van der Waals surface area contributed by atoms with Crippen LogP contribution in [0.1, 0.15) is 46.5 Å². The Balaban J connectivity index is 2.60. The molecule has 0 aliphatic heterocycles. The topological polar surface area (TPSA) is 52.6 Å². The summed E-state index contributed by atoms with van der Waals surface area (Å²) < 4.78 is 35.3. The Morgan fingerprint density at radius 1 is 1.17 bits per heavy atom. The maximum Gasteiger partial charge on any atom is 0.171 e. The SMILES string of the molecule is CCOC(CS(=O)(=O)C1CCCC(C)C1)OCC. The Hall–Kier alpha value is -0.130. The smallest absolute Gasteiger partial charge is 0.171 e. The molecule has 18 heavy (non-hydrogen) atoms. The normalized spacial score (nSPS) is 25.6. The van der Waals surface area contributed by atoms with Gasteiger partial charge in [-0.2, -0.15) is 0 Å². The minimum Gasteiger partial charge on any atom is -0.352 e. The van der Waals surface area contributed by atoms with Crippen molar-refractivity contribution >= 4 is 9.84 Å². The average molecular weight is 278 g/mol. The third-order valence-corrected chi connectivity index (χ3v) is 5.65. The van der Waals surface area contributed by atoms with E-state index in [1.807, 2.05) is 13.8 Å². The summed E-state index contributed by atoms with van der Waals surface area (Å²) in [6.45, 7) is 6.77. The second-order valence-corrected chi connectivity index (χ2v) is 7.39. The molecule has 0 aromatic rings. The van der Waals surface area contributed by atoms with Gasteiger partial charge in [0.1, 0.15) is 5.75 Å². The van der Waals surface area contributed by atoms with E-state index in [0.29, 0.717) is 19.1 Å². The van der Waals surface area contributed by atoms with E-state index in [1.54, 1.807) is 0 Å². The van der Waals surface area contributed by atoms with Crippen LogP contribution >= 0.6 is 0 Å². The van der Waals surface area contributed by atoms with Gasteiger partial charge in [0.05, 0.1) is 5.25 Å². The minimum atomic E-state index is -3.11. The third kappa shape index (κ3) is 4.86. The van der Waals surface area contributed by atoms with Crippen LogP contribution in [0.5, 0.6) is 0 Å². The molecule has 0 bridgehead atoms. The average Bonchev–Trinajstić information content (AvgIpc) is 2.29. The van der Waals surface area contributed by atoms with Gasteiger partial charge in [-0.25, -0.2) is 8.42 Å². The van der Waals surface area contributed by atoms with E-state index < -0.39 is 16.1 Å². The van der Waals surface area contributed by atoms with Crippen molar-refractivity contribution in [3.05, 3.63) is 0 Å². The molecule has 2 unspecified atom stereocenters. The molecule has 5 heteroatoms. The molecule has 0 N–H and O–H groups in total. The maximum absolute atomic E-state index is 12.3. The fourth-order valence-corrected chi connectivity index (χ4v) is 4.54. The molecule has 0 saturated heterocycles. The van der Waals surface area contributed by atoms with Crippen LogP contribution in [0.4, 0.5) is 0 Å². The number of rotatable bonds is 7. The Kier molecular flexibility index (Phi) is 6.60. The van der Waals surface area contributed by atoms with Gasteiger partial charge in [-0.3, -0.25) is 0 Å². The van der Waals surface area contributed by atoms with Crippen LogP contribution in [0.25, 0.3) is 0 Å². The lowest BCUT2D eigenvalue weighted by atomic mass is 9.91. The molecule has 2 atom stereocenters. The molecule has 0 spiro atoms. The van der Waals surface area contributed by atoms with Gasteiger partial charge in [-0.1, -0.05) is 19.8 Å². The predicted molar refractivity (Wildman–Crippen MR) is 72.2 cm³/mol. The van der Waals surface area contributed by atoms with Gasteiger partial charge in [-0.05, 0) is 32.6 Å². The summed E-state index contributed by atoms with van der Waals surface area (Å²) in [6, 6.07) is 0. The van der Waals surface area contributed by atoms with Crippen molar-refractivity contribution in [2.75, 3.05) is 19.0 Å². The summed E-state index contributed by atoms with van der Waals surface area (Å²) in [5.74, 6) is 0.502. The van der Waals surface area contributed by atoms with E-state index in [2.05, 4.69) is 6.92 Å². The molecule has 0 heterocycles. The van der Waals surface area contributed by atoms with E-state index in [0.717, 1.165) is 25.7 Å². The fraction of sp³-hybridized carbons (Fsp3) is 1.00. The molecule has 0 radical (unpaired) electrons. The second-order valence-electron chi connectivity index (χ2n) is 5.06. The summed E-state index contributed by atoms with van der Waals surface area (Å²) in [7, 11) is -3.11. The van der Waals surface area contributed by atoms with Gasteiger partial charge in [0.2, 0.25) is 0 Å². The summed E-state index contributed by atoms with van der Waals surface area (Å²) >= 11 is 0. The van der Waals surface area contributed by atoms with Crippen molar-refractivity contribution in [3.63, 3.8) is 0 Å². The number of ether oxygens (including phenoxy) is 2. The van der Waals surface area contributed by atoms with Crippen LogP contribution in [0, 0.1) is 5.92 Å². The van der Waals surface area contributed by atoms with Crippen molar-refractivity contribution in [1.29, 1.82) is 0 Å². The summed E-state index contributed by atoms with van der Waals surface area (Å²) in [6.07, 6.45) is 3.12. The first-order valence-corrected chi connectivity index (χ1v) is 8.65. The van der Waals surface area contributed by atoms with Gasteiger partial charge >= 0.3 is 0 Å². The molecule has 0 amide bonds. The molecule has 1 saturated carbocycles. The largest absolute Gasteiger partial charge is 0.352 e. The van der Waals surface area contributed by atoms with Crippen molar-refractivity contribution in [2.24, 2.45) is 5.92 Å². The van der Waals surface area contributed by atoms with Gasteiger partial charge in [0, 0.05) is 13.2 Å². The van der Waals surface area contributed by atoms with E-state index >= 15 is 0 Å². The Morgan fingerprint density at radius 2 is 1.78 bits per heavy atom. The van der Waals surface area contributed by atoms with Gasteiger partial charge in [0.15, 0.2) is 16.1 Å². The van der Waals surface area contributed by atoms with E-state index in [9.17, 15) is 8.42 Å². The molecular weight excluding hydrogens is 252 g/mol. The highest BCUT2D eigenvalue weighted by Crippen LogP contribution is 2.29. The summed E-state index contributed by atoms with van der Waals surface area (Å²) in [4.78, 5) is 0. The highest BCUT2D eigenvalue weighted by molar-refractivity contribution is 7.92. The van der Waals surface area contributed by atoms with Crippen molar-refractivity contribution in [2.45, 2.75) is 58.0 Å². The molecule has 108 valence electrons. The van der Waals surface area contributed by atoms with Crippen molar-refractivity contribution < 1.29 is 17.9 Å². The predicted octanol–water partition coefficient (Wildman–Crippen LogP) is 2.38. The standard InChI is InChI=1S/C13H26O4S/c1-4-16-13(17-5-2)10-18(14,15)12-8-6-7-11(3)9-12/h11-13H,4-10H2,1-3H3. The molecule has 1 fully saturated rings. The van der Waals surface area contributed by atoms with Crippen molar-refractivity contribution in [3.8, 4) is 0 Å². The van der Waals surface area contributed by atoms with Gasteiger partial charge in [0.25, 0.3) is 0 Å². The van der Waals surface area contributed by atoms with E-state index in [1.165, 1.54) is 0 Å². The molecule has 0 aromatic carbocycles. The number of sulfone groups is 1. The molecular formula is C13H26O4S. The lowest BCUT2D eigenvalue weighted by molar-refractivity contribution is -0.120. The first kappa shape index (κ1) is 15.9. The van der Waals surface area contributed by atoms with E-state index in [-0.39, 0.29) is 11.0 Å². The Bertz CT molecular complexity index is 320. The van der Waals surface area contributed by atoms with Crippen LogP contribution in [-0.2, 0) is 19.3 Å². The number of hydrogen-bond acceptors (Lipinski definition) is 4. The monoisotopic (exact) mass is 278 g/mol.